The van der Waals surface area contributed by atoms with Crippen LogP contribution in [-0.4, -0.2) is 66.1 Å². The van der Waals surface area contributed by atoms with Crippen molar-refractivity contribution in [1.82, 2.24) is 20.1 Å². The predicted molar refractivity (Wildman–Crippen MR) is 130 cm³/mol. The van der Waals surface area contributed by atoms with Gasteiger partial charge in [0.2, 0.25) is 0 Å². The average Bonchev–Trinajstić information content (AvgIpc) is 3.34. The Morgan fingerprint density at radius 1 is 1.29 bits per heavy atom. The third kappa shape index (κ3) is 7.11. The highest BCUT2D eigenvalue weighted by molar-refractivity contribution is 14.0. The van der Waals surface area contributed by atoms with Gasteiger partial charge >= 0.3 is 0 Å². The molecule has 2 aliphatic heterocycles. The molecule has 0 saturated carbocycles. The maximum absolute atomic E-state index is 6.10. The highest BCUT2D eigenvalue weighted by Crippen LogP contribution is 2.20. The zero-order valence-electron chi connectivity index (χ0n) is 17.4. The molecule has 1 atom stereocenters. The van der Waals surface area contributed by atoms with E-state index >= 15 is 0 Å². The van der Waals surface area contributed by atoms with Crippen molar-refractivity contribution >= 4 is 41.3 Å². The summed E-state index contributed by atoms with van der Waals surface area (Å²) in [7, 11) is 0. The summed E-state index contributed by atoms with van der Waals surface area (Å²) >= 11 is 1.79. The number of rotatable bonds is 8. The van der Waals surface area contributed by atoms with Crippen molar-refractivity contribution in [2.75, 3.05) is 39.3 Å². The molecule has 1 unspecified atom stereocenters. The first-order valence-corrected chi connectivity index (χ1v) is 11.5. The van der Waals surface area contributed by atoms with Crippen molar-refractivity contribution in [3.8, 4) is 0 Å². The van der Waals surface area contributed by atoms with E-state index < -0.39 is 0 Å². The molecule has 0 aliphatic carbocycles. The van der Waals surface area contributed by atoms with E-state index in [2.05, 4.69) is 39.3 Å². The number of aryl methyl sites for hydroxylation is 1. The van der Waals surface area contributed by atoms with Gasteiger partial charge in [-0.2, -0.15) is 0 Å². The molecular weight excluding hydrogens is 483 g/mol. The number of aliphatic imine (C=N–C) groups is 1. The quantitative estimate of drug-likeness (QED) is 0.314. The summed E-state index contributed by atoms with van der Waals surface area (Å²) < 4.78 is 0. The number of aromatic nitrogens is 1. The van der Waals surface area contributed by atoms with Crippen LogP contribution in [0, 0.1) is 5.92 Å². The summed E-state index contributed by atoms with van der Waals surface area (Å²) in [4.78, 5) is 14.4. The number of guanidine groups is 1. The Hall–Kier alpha value is -0.450. The fourth-order valence-electron chi connectivity index (χ4n) is 4.19. The van der Waals surface area contributed by atoms with E-state index in [-0.39, 0.29) is 24.0 Å². The highest BCUT2D eigenvalue weighted by atomic mass is 127. The average molecular weight is 521 g/mol. The minimum absolute atomic E-state index is 0. The second-order valence-electron chi connectivity index (χ2n) is 7.84. The van der Waals surface area contributed by atoms with Gasteiger partial charge in [0, 0.05) is 31.1 Å². The third-order valence-corrected chi connectivity index (χ3v) is 6.98. The van der Waals surface area contributed by atoms with Crippen LogP contribution in [-0.2, 0) is 13.0 Å². The third-order valence-electron chi connectivity index (χ3n) is 5.94. The summed E-state index contributed by atoms with van der Waals surface area (Å²) in [5.74, 6) is 1.27. The number of thiazole rings is 1. The number of likely N-dealkylation sites (tertiary alicyclic amines) is 2. The lowest BCUT2D eigenvalue weighted by Gasteiger charge is -2.30. The Labute approximate surface area is 191 Å². The molecule has 0 radical (unpaired) electrons. The van der Waals surface area contributed by atoms with Crippen molar-refractivity contribution in [2.24, 2.45) is 16.6 Å². The van der Waals surface area contributed by atoms with Crippen LogP contribution in [0.15, 0.2) is 10.4 Å². The van der Waals surface area contributed by atoms with Crippen molar-refractivity contribution in [3.05, 3.63) is 16.1 Å². The van der Waals surface area contributed by atoms with Gasteiger partial charge in [0.1, 0.15) is 0 Å². The second-order valence-corrected chi connectivity index (χ2v) is 8.78. The van der Waals surface area contributed by atoms with Gasteiger partial charge < -0.3 is 11.1 Å². The molecule has 6 nitrogen and oxygen atoms in total. The number of nitrogens with two attached hydrogens (primary N) is 1. The SMILES string of the molecule is CCc1nc(CN2CCC(CN=C(N)NCC3CCCN3CC)CC2)cs1.I. The van der Waals surface area contributed by atoms with Crippen LogP contribution < -0.4 is 11.1 Å². The van der Waals surface area contributed by atoms with E-state index in [0.29, 0.717) is 17.9 Å². The molecule has 1 aromatic heterocycles. The van der Waals surface area contributed by atoms with E-state index in [1.54, 1.807) is 11.3 Å². The molecule has 1 aromatic rings. The maximum atomic E-state index is 6.10. The second kappa shape index (κ2) is 12.3. The molecule has 2 saturated heterocycles. The highest BCUT2D eigenvalue weighted by Gasteiger charge is 2.23. The first kappa shape index (κ1) is 23.8. The number of piperidine rings is 1. The van der Waals surface area contributed by atoms with Gasteiger partial charge in [-0.15, -0.1) is 35.3 Å². The van der Waals surface area contributed by atoms with Crippen LogP contribution in [0.3, 0.4) is 0 Å². The zero-order valence-corrected chi connectivity index (χ0v) is 20.5. The van der Waals surface area contributed by atoms with E-state index in [1.165, 1.54) is 42.9 Å². The van der Waals surface area contributed by atoms with E-state index in [4.69, 9.17) is 10.7 Å². The molecular formula is C20H37IN6S. The maximum Gasteiger partial charge on any atom is 0.188 e. The van der Waals surface area contributed by atoms with Crippen LogP contribution >= 0.6 is 35.3 Å². The molecule has 160 valence electrons. The summed E-state index contributed by atoms with van der Waals surface area (Å²) in [6, 6.07) is 0.617. The molecule has 0 amide bonds. The van der Waals surface area contributed by atoms with Crippen LogP contribution in [0.4, 0.5) is 0 Å². The van der Waals surface area contributed by atoms with Crippen molar-refractivity contribution < 1.29 is 0 Å². The van der Waals surface area contributed by atoms with Crippen molar-refractivity contribution in [3.63, 3.8) is 0 Å². The Morgan fingerprint density at radius 3 is 2.75 bits per heavy atom. The lowest BCUT2D eigenvalue weighted by Crippen LogP contribution is -2.43. The Morgan fingerprint density at radius 2 is 2.07 bits per heavy atom. The number of nitrogens with zero attached hydrogens (tertiary/aromatic N) is 4. The van der Waals surface area contributed by atoms with Gasteiger partial charge in [-0.3, -0.25) is 14.8 Å². The molecule has 3 N–H and O–H groups in total. The summed E-state index contributed by atoms with van der Waals surface area (Å²) in [6.07, 6.45) is 6.01. The molecule has 0 bridgehead atoms. The minimum atomic E-state index is 0. The minimum Gasteiger partial charge on any atom is -0.370 e. The largest absolute Gasteiger partial charge is 0.370 e. The first-order chi connectivity index (χ1) is 13.2. The molecule has 2 aliphatic rings. The van der Waals surface area contributed by atoms with Gasteiger partial charge in [-0.25, -0.2) is 4.98 Å². The molecule has 8 heteroatoms. The number of hydrogen-bond donors (Lipinski definition) is 2. The summed E-state index contributed by atoms with van der Waals surface area (Å²) in [6.45, 7) is 11.8. The Kier molecular flexibility index (Phi) is 10.5. The van der Waals surface area contributed by atoms with Crippen LogP contribution in [0.1, 0.15) is 50.2 Å². The van der Waals surface area contributed by atoms with Crippen molar-refractivity contribution in [2.45, 2.75) is 58.5 Å². The van der Waals surface area contributed by atoms with Crippen molar-refractivity contribution in [1.29, 1.82) is 0 Å². The van der Waals surface area contributed by atoms with Gasteiger partial charge in [-0.1, -0.05) is 13.8 Å². The smallest absolute Gasteiger partial charge is 0.188 e. The lowest BCUT2D eigenvalue weighted by atomic mass is 9.97. The topological polar surface area (TPSA) is 69.8 Å². The fourth-order valence-corrected chi connectivity index (χ4v) is 4.92. The lowest BCUT2D eigenvalue weighted by molar-refractivity contribution is 0.179. The Bertz CT molecular complexity index is 599. The Balaban J connectivity index is 0.00000280. The predicted octanol–water partition coefficient (Wildman–Crippen LogP) is 2.92. The first-order valence-electron chi connectivity index (χ1n) is 10.6. The summed E-state index contributed by atoms with van der Waals surface area (Å²) in [5.41, 5.74) is 7.33. The fraction of sp³-hybridized carbons (Fsp3) is 0.800. The molecule has 0 spiro atoms. The van der Waals surface area contributed by atoms with Gasteiger partial charge in [-0.05, 0) is 64.2 Å². The van der Waals surface area contributed by atoms with Crippen LogP contribution in [0.5, 0.6) is 0 Å². The molecule has 3 heterocycles. The van der Waals surface area contributed by atoms with Crippen LogP contribution in [0.2, 0.25) is 0 Å². The normalized spacial score (nSPS) is 22.4. The van der Waals surface area contributed by atoms with E-state index in [0.717, 1.165) is 45.7 Å². The number of hydrogen-bond acceptors (Lipinski definition) is 5. The standard InChI is InChI=1S/C20H36N6S.HI/c1-3-19-24-17(15-27-19)14-25-10-7-16(8-11-25)12-22-20(21)23-13-18-6-5-9-26(18)4-2;/h15-16,18H,3-14H2,1-2H3,(H3,21,22,23);1H. The van der Waals surface area contributed by atoms with Gasteiger partial charge in [0.05, 0.1) is 10.7 Å². The summed E-state index contributed by atoms with van der Waals surface area (Å²) in [5, 5.41) is 6.81. The monoisotopic (exact) mass is 520 g/mol. The van der Waals surface area contributed by atoms with E-state index in [1.807, 2.05) is 0 Å². The molecule has 2 fully saturated rings. The van der Waals surface area contributed by atoms with E-state index in [9.17, 15) is 0 Å². The zero-order chi connectivity index (χ0) is 19.1. The number of halogens is 1. The molecule has 3 rings (SSSR count). The molecule has 0 aromatic carbocycles. The number of likely N-dealkylation sites (N-methyl/N-ethyl adjacent to an activating group) is 1. The van der Waals surface area contributed by atoms with Crippen LogP contribution in [0.25, 0.3) is 0 Å². The molecule has 28 heavy (non-hydrogen) atoms. The number of nitrogens with one attached hydrogen (secondary N) is 1. The van der Waals surface area contributed by atoms with Gasteiger partial charge in [0.15, 0.2) is 5.96 Å². The van der Waals surface area contributed by atoms with Gasteiger partial charge in [0.25, 0.3) is 0 Å².